The van der Waals surface area contributed by atoms with Gasteiger partial charge in [0.15, 0.2) is 17.2 Å². The third kappa shape index (κ3) is 7.19. The summed E-state index contributed by atoms with van der Waals surface area (Å²) in [6.45, 7) is 0.0570. The zero-order valence-corrected chi connectivity index (χ0v) is 27.4. The van der Waals surface area contributed by atoms with E-state index in [0.717, 1.165) is 21.7 Å². The van der Waals surface area contributed by atoms with E-state index in [9.17, 15) is 8.42 Å². The van der Waals surface area contributed by atoms with Crippen molar-refractivity contribution in [1.29, 1.82) is 0 Å². The van der Waals surface area contributed by atoms with Crippen LogP contribution in [0.5, 0.6) is 0 Å². The van der Waals surface area contributed by atoms with Crippen LogP contribution in [-0.4, -0.2) is 32.9 Å². The first-order valence-corrected chi connectivity index (χ1v) is 17.2. The zero-order valence-electron chi connectivity index (χ0n) is 24.5. The van der Waals surface area contributed by atoms with E-state index < -0.39 is 44.5 Å². The van der Waals surface area contributed by atoms with E-state index in [4.69, 9.17) is 13.9 Å². The third-order valence-electron chi connectivity index (χ3n) is 7.57. The monoisotopic (exact) mass is 762 g/mol. The summed E-state index contributed by atoms with van der Waals surface area (Å²) in [4.78, 5) is 0. The Kier molecular flexibility index (Phi) is 9.87. The zero-order chi connectivity index (χ0) is 32.3. The van der Waals surface area contributed by atoms with Crippen molar-refractivity contribution < 1.29 is 35.5 Å². The summed E-state index contributed by atoms with van der Waals surface area (Å²) in [5, 5.41) is 1.64. The molecule has 12 heteroatoms. The lowest BCUT2D eigenvalue weighted by atomic mass is 10.1. The molecule has 0 aliphatic heterocycles. The predicted octanol–water partition coefficient (Wildman–Crippen LogP) is 8.30. The molecular formula is C34H30F3IN2O5S. The minimum absolute atomic E-state index is 0.0160. The van der Waals surface area contributed by atoms with Gasteiger partial charge in [-0.1, -0.05) is 60.7 Å². The number of hydrogen-bond acceptors (Lipinski definition) is 6. The summed E-state index contributed by atoms with van der Waals surface area (Å²) in [6.07, 6.45) is 1.11. The van der Waals surface area contributed by atoms with Crippen LogP contribution < -0.4 is 9.62 Å². The van der Waals surface area contributed by atoms with Crippen molar-refractivity contribution in [3.05, 3.63) is 123 Å². The number of furan rings is 1. The molecule has 7 nitrogen and oxygen atoms in total. The summed E-state index contributed by atoms with van der Waals surface area (Å²) < 4.78 is 94.1. The Labute approximate surface area is 278 Å². The van der Waals surface area contributed by atoms with E-state index in [0.29, 0.717) is 16.4 Å². The summed E-state index contributed by atoms with van der Waals surface area (Å²) in [5.41, 5.74) is 0.540. The molecule has 0 saturated heterocycles. The van der Waals surface area contributed by atoms with Crippen LogP contribution in [0.3, 0.4) is 0 Å². The van der Waals surface area contributed by atoms with E-state index in [2.05, 4.69) is 5.32 Å². The smallest absolute Gasteiger partial charge is 0.238 e. The number of nitrogens with zero attached hydrogens (tertiary/aromatic N) is 1. The average molecular weight is 763 g/mol. The van der Waals surface area contributed by atoms with Gasteiger partial charge >= 0.3 is 0 Å². The maximum absolute atomic E-state index is 15.9. The second-order valence-corrected chi connectivity index (χ2v) is 14.3. The fourth-order valence-corrected chi connectivity index (χ4v) is 7.41. The molecule has 1 N–H and O–H groups in total. The van der Waals surface area contributed by atoms with E-state index >= 15 is 13.2 Å². The van der Waals surface area contributed by atoms with Crippen LogP contribution >= 0.6 is 22.6 Å². The van der Waals surface area contributed by atoms with Crippen LogP contribution in [-0.2, 0) is 32.7 Å². The number of nitrogens with one attached hydrogen (secondary N) is 1. The number of anilines is 3. The maximum Gasteiger partial charge on any atom is 0.238 e. The molecule has 1 aromatic heterocycles. The lowest BCUT2D eigenvalue weighted by Crippen LogP contribution is -2.42. The number of sulfonamides is 1. The largest absolute Gasteiger partial charge is 0.462 e. The molecule has 0 radical (unpaired) electrons. The number of ether oxygens (including phenoxy) is 2. The van der Waals surface area contributed by atoms with Gasteiger partial charge < -0.3 is 19.2 Å². The highest BCUT2D eigenvalue weighted by Gasteiger charge is 2.44. The molecule has 5 aromatic rings. The molecule has 240 valence electrons. The lowest BCUT2D eigenvalue weighted by Gasteiger charge is -2.31. The molecule has 1 fully saturated rings. The van der Waals surface area contributed by atoms with Crippen molar-refractivity contribution in [2.75, 3.05) is 22.8 Å². The Morgan fingerprint density at radius 3 is 2.24 bits per heavy atom. The predicted molar refractivity (Wildman–Crippen MR) is 179 cm³/mol. The van der Waals surface area contributed by atoms with Gasteiger partial charge in [0.1, 0.15) is 17.2 Å². The van der Waals surface area contributed by atoms with Crippen LogP contribution in [0.1, 0.15) is 24.0 Å². The molecule has 0 bridgehead atoms. The van der Waals surface area contributed by atoms with Gasteiger partial charge in [0.2, 0.25) is 10.0 Å². The van der Waals surface area contributed by atoms with Gasteiger partial charge in [-0.3, -0.25) is 4.31 Å². The molecule has 1 aliphatic carbocycles. The third-order valence-corrected chi connectivity index (χ3v) is 10.5. The van der Waals surface area contributed by atoms with E-state index in [1.54, 1.807) is 6.07 Å². The molecule has 1 saturated carbocycles. The summed E-state index contributed by atoms with van der Waals surface area (Å²) >= 11 is 1.93. The van der Waals surface area contributed by atoms with Crippen molar-refractivity contribution in [2.45, 2.75) is 37.4 Å². The van der Waals surface area contributed by atoms with Gasteiger partial charge in [-0.2, -0.15) is 0 Å². The Morgan fingerprint density at radius 2 is 1.59 bits per heavy atom. The first-order chi connectivity index (χ1) is 22.2. The highest BCUT2D eigenvalue weighted by molar-refractivity contribution is 14.1. The topological polar surface area (TPSA) is 81.0 Å². The van der Waals surface area contributed by atoms with Gasteiger partial charge in [-0.05, 0) is 70.8 Å². The van der Waals surface area contributed by atoms with Crippen LogP contribution in [0.2, 0.25) is 0 Å². The van der Waals surface area contributed by atoms with Gasteiger partial charge in [-0.25, -0.2) is 21.6 Å². The van der Waals surface area contributed by atoms with Crippen molar-refractivity contribution in [3.63, 3.8) is 0 Å². The van der Waals surface area contributed by atoms with E-state index in [1.807, 2.05) is 83.3 Å². The summed E-state index contributed by atoms with van der Waals surface area (Å²) in [6, 6.07) is 24.2. The molecule has 6 rings (SSSR count). The normalized spacial score (nSPS) is 14.0. The maximum atomic E-state index is 15.9. The van der Waals surface area contributed by atoms with Gasteiger partial charge in [0.05, 0.1) is 55.1 Å². The van der Waals surface area contributed by atoms with Crippen LogP contribution in [0.4, 0.5) is 30.2 Å². The van der Waals surface area contributed by atoms with Crippen molar-refractivity contribution in [1.82, 2.24) is 0 Å². The molecule has 1 atom stereocenters. The number of rotatable bonds is 14. The first-order valence-electron chi connectivity index (χ1n) is 14.6. The molecule has 46 heavy (non-hydrogen) atoms. The lowest BCUT2D eigenvalue weighted by molar-refractivity contribution is -0.0240. The Bertz CT molecular complexity index is 1920. The fourth-order valence-electron chi connectivity index (χ4n) is 5.07. The standard InChI is InChI=1S/C34H30F3IN2O5S/c35-28-17-24(38)11-14-29(28)39-32-31(37)30(36)27-15-16-44-34(27)33(32)40(46(41,42)26-12-13-26)18-25(45-20-23-9-5-2-6-10-23)21-43-19-22-7-3-1-4-8-22/h1-11,14-17,25-26,39H,12-13,18-21H2/t25-/m1/s1. The molecule has 1 aliphatic rings. The Morgan fingerprint density at radius 1 is 0.913 bits per heavy atom. The van der Waals surface area contributed by atoms with E-state index in [-0.39, 0.29) is 48.7 Å². The van der Waals surface area contributed by atoms with E-state index in [1.165, 1.54) is 18.2 Å². The number of fused-ring (bicyclic) bond motifs is 1. The fraction of sp³-hybridized carbons (Fsp3) is 0.235. The minimum atomic E-state index is -4.15. The number of benzene rings is 4. The second kappa shape index (κ2) is 14.0. The molecule has 0 amide bonds. The SMILES string of the molecule is O=S(=O)(C1CC1)N(C[C@H](COCc1ccccc1)OCc1ccccc1)c1c(Nc2ccc(I)cc2F)c(F)c(F)c2ccoc12. The summed E-state index contributed by atoms with van der Waals surface area (Å²) in [7, 11) is -4.15. The first kappa shape index (κ1) is 32.4. The van der Waals surface area contributed by atoms with Crippen LogP contribution in [0.15, 0.2) is 95.6 Å². The van der Waals surface area contributed by atoms with Crippen LogP contribution in [0, 0.1) is 21.0 Å². The second-order valence-electron chi connectivity index (χ2n) is 11.0. The van der Waals surface area contributed by atoms with Crippen molar-refractivity contribution >= 4 is 60.6 Å². The van der Waals surface area contributed by atoms with Gasteiger partial charge in [-0.15, -0.1) is 0 Å². The molecule has 1 heterocycles. The summed E-state index contributed by atoms with van der Waals surface area (Å²) in [5.74, 6) is -3.36. The molecule has 0 unspecified atom stereocenters. The quantitative estimate of drug-likeness (QED) is 0.115. The van der Waals surface area contributed by atoms with Crippen molar-refractivity contribution in [3.8, 4) is 0 Å². The van der Waals surface area contributed by atoms with Crippen molar-refractivity contribution in [2.24, 2.45) is 0 Å². The Hall–Kier alpha value is -3.59. The Balaban J connectivity index is 1.42. The average Bonchev–Trinajstić information content (AvgIpc) is 3.81. The number of halogens is 4. The molecule has 4 aromatic carbocycles. The van der Waals surface area contributed by atoms with Crippen LogP contribution in [0.25, 0.3) is 11.0 Å². The molecule has 0 spiro atoms. The highest BCUT2D eigenvalue weighted by Crippen LogP contribution is 2.45. The highest BCUT2D eigenvalue weighted by atomic mass is 127. The number of hydrogen-bond donors (Lipinski definition) is 1. The van der Waals surface area contributed by atoms with Gasteiger partial charge in [0, 0.05) is 3.57 Å². The molecular weight excluding hydrogens is 732 g/mol. The minimum Gasteiger partial charge on any atom is -0.462 e. The van der Waals surface area contributed by atoms with Gasteiger partial charge in [0.25, 0.3) is 0 Å².